The van der Waals surface area contributed by atoms with E-state index in [1.807, 2.05) is 0 Å². The molecule has 144 valence electrons. The molecule has 0 bridgehead atoms. The minimum Gasteiger partial charge on any atom is -0.368 e. The summed E-state index contributed by atoms with van der Waals surface area (Å²) in [6.07, 6.45) is 1.16. The van der Waals surface area contributed by atoms with Crippen molar-refractivity contribution >= 4 is 28.7 Å². The molecule has 27 heavy (non-hydrogen) atoms. The molecule has 2 aromatic rings. The van der Waals surface area contributed by atoms with Crippen LogP contribution in [0.4, 0.5) is 11.4 Å². The highest BCUT2D eigenvalue weighted by Gasteiger charge is 2.20. The van der Waals surface area contributed by atoms with E-state index in [-0.39, 0.29) is 0 Å². The van der Waals surface area contributed by atoms with Gasteiger partial charge in [-0.25, -0.2) is 0 Å². The van der Waals surface area contributed by atoms with Gasteiger partial charge in [0.2, 0.25) is 0 Å². The third-order valence-electron chi connectivity index (χ3n) is 5.83. The number of thiocarbonyl (C=S) groups is 1. The first kappa shape index (κ1) is 19.7. The van der Waals surface area contributed by atoms with Crippen molar-refractivity contribution in [2.24, 2.45) is 0 Å². The minimum absolute atomic E-state index is 0.601. The summed E-state index contributed by atoms with van der Waals surface area (Å²) in [4.78, 5) is 4.75. The van der Waals surface area contributed by atoms with E-state index in [0.29, 0.717) is 5.92 Å². The molecule has 1 saturated heterocycles. The summed E-state index contributed by atoms with van der Waals surface area (Å²) in [7, 11) is 0. The van der Waals surface area contributed by atoms with E-state index in [2.05, 4.69) is 85.3 Å². The number of nitrogens with zero attached hydrogens (tertiary/aromatic N) is 2. The van der Waals surface area contributed by atoms with Crippen LogP contribution in [0.2, 0.25) is 0 Å². The second-order valence-electron chi connectivity index (χ2n) is 7.55. The van der Waals surface area contributed by atoms with Crippen LogP contribution in [0, 0.1) is 13.8 Å². The highest BCUT2D eigenvalue weighted by Crippen LogP contribution is 2.24. The molecule has 0 radical (unpaired) electrons. The summed E-state index contributed by atoms with van der Waals surface area (Å²) in [5.74, 6) is 0.601. The molecule has 3 nitrogen and oxygen atoms in total. The molecule has 1 aliphatic rings. The van der Waals surface area contributed by atoms with Crippen LogP contribution in [0.25, 0.3) is 0 Å². The number of rotatable bonds is 4. The quantitative estimate of drug-likeness (QED) is 0.721. The van der Waals surface area contributed by atoms with Crippen LogP contribution < -0.4 is 10.2 Å². The molecular weight excluding hydrogens is 350 g/mol. The molecule has 0 saturated carbocycles. The largest absolute Gasteiger partial charge is 0.368 e. The molecule has 0 amide bonds. The standard InChI is InChI=1S/C23H31N3S/c1-5-17(2)20-9-11-21(12-10-20)24-23(27)26-15-13-25(14-16-26)22-8-6-7-18(3)19(22)4/h6-12,17H,5,13-16H2,1-4H3,(H,24,27). The van der Waals surface area contributed by atoms with E-state index >= 15 is 0 Å². The lowest BCUT2D eigenvalue weighted by atomic mass is 9.99. The maximum Gasteiger partial charge on any atom is 0.173 e. The molecule has 3 rings (SSSR count). The van der Waals surface area contributed by atoms with Crippen molar-refractivity contribution in [3.8, 4) is 0 Å². The normalized spacial score (nSPS) is 15.6. The first-order valence-electron chi connectivity index (χ1n) is 9.96. The second-order valence-corrected chi connectivity index (χ2v) is 7.94. The van der Waals surface area contributed by atoms with Crippen LogP contribution in [-0.4, -0.2) is 36.2 Å². The number of benzene rings is 2. The summed E-state index contributed by atoms with van der Waals surface area (Å²) < 4.78 is 0. The average Bonchev–Trinajstić information content (AvgIpc) is 2.70. The molecule has 2 aromatic carbocycles. The zero-order valence-corrected chi connectivity index (χ0v) is 17.8. The van der Waals surface area contributed by atoms with Crippen molar-refractivity contribution in [1.82, 2.24) is 4.90 Å². The summed E-state index contributed by atoms with van der Waals surface area (Å²) >= 11 is 5.66. The fourth-order valence-electron chi connectivity index (χ4n) is 3.56. The van der Waals surface area contributed by atoms with Crippen LogP contribution in [0.15, 0.2) is 42.5 Å². The van der Waals surface area contributed by atoms with Gasteiger partial charge in [-0.2, -0.15) is 0 Å². The molecule has 1 atom stereocenters. The average molecular weight is 382 g/mol. The molecule has 1 heterocycles. The summed E-state index contributed by atoms with van der Waals surface area (Å²) in [6, 6.07) is 15.3. The predicted octanol–water partition coefficient (Wildman–Crippen LogP) is 5.34. The van der Waals surface area contributed by atoms with Gasteiger partial charge in [-0.1, -0.05) is 38.1 Å². The van der Waals surface area contributed by atoms with Crippen molar-refractivity contribution in [3.05, 3.63) is 59.2 Å². The summed E-state index contributed by atoms with van der Waals surface area (Å²) in [6.45, 7) is 12.8. The Morgan fingerprint density at radius 3 is 2.33 bits per heavy atom. The number of piperazine rings is 1. The third-order valence-corrected chi connectivity index (χ3v) is 6.19. The Morgan fingerprint density at radius 1 is 1.04 bits per heavy atom. The molecule has 0 aliphatic carbocycles. The Balaban J connectivity index is 1.56. The van der Waals surface area contributed by atoms with Crippen molar-refractivity contribution in [2.75, 3.05) is 36.4 Å². The molecule has 1 unspecified atom stereocenters. The molecule has 4 heteroatoms. The predicted molar refractivity (Wildman–Crippen MR) is 121 cm³/mol. The van der Waals surface area contributed by atoms with Crippen LogP contribution in [0.3, 0.4) is 0 Å². The van der Waals surface area contributed by atoms with E-state index < -0.39 is 0 Å². The van der Waals surface area contributed by atoms with Crippen LogP contribution >= 0.6 is 12.2 Å². The first-order valence-corrected chi connectivity index (χ1v) is 10.4. The highest BCUT2D eigenvalue weighted by molar-refractivity contribution is 7.80. The van der Waals surface area contributed by atoms with Crippen LogP contribution in [-0.2, 0) is 0 Å². The van der Waals surface area contributed by atoms with Gasteiger partial charge < -0.3 is 15.1 Å². The summed E-state index contributed by atoms with van der Waals surface area (Å²) in [5.41, 5.74) is 6.55. The van der Waals surface area contributed by atoms with E-state index in [1.54, 1.807) is 0 Å². The third kappa shape index (κ3) is 4.62. The smallest absolute Gasteiger partial charge is 0.173 e. The zero-order valence-electron chi connectivity index (χ0n) is 17.0. The SMILES string of the molecule is CCC(C)c1ccc(NC(=S)N2CCN(c3cccc(C)c3C)CC2)cc1. The number of hydrogen-bond acceptors (Lipinski definition) is 2. The van der Waals surface area contributed by atoms with Gasteiger partial charge in [0.25, 0.3) is 0 Å². The molecule has 1 N–H and O–H groups in total. The van der Waals surface area contributed by atoms with Gasteiger partial charge in [-0.15, -0.1) is 0 Å². The van der Waals surface area contributed by atoms with Crippen molar-refractivity contribution in [3.63, 3.8) is 0 Å². The Hall–Kier alpha value is -2.07. The maximum absolute atomic E-state index is 5.66. The van der Waals surface area contributed by atoms with Crippen LogP contribution in [0.1, 0.15) is 42.9 Å². The van der Waals surface area contributed by atoms with Crippen molar-refractivity contribution in [2.45, 2.75) is 40.0 Å². The Bertz CT molecular complexity index is 777. The Labute approximate surface area is 169 Å². The fourth-order valence-corrected chi connectivity index (χ4v) is 3.86. The van der Waals surface area contributed by atoms with Crippen molar-refractivity contribution in [1.29, 1.82) is 0 Å². The number of anilines is 2. The molecular formula is C23H31N3S. The van der Waals surface area contributed by atoms with E-state index in [0.717, 1.165) is 43.4 Å². The maximum atomic E-state index is 5.66. The number of nitrogens with one attached hydrogen (secondary N) is 1. The van der Waals surface area contributed by atoms with E-state index in [1.165, 1.54) is 22.4 Å². The topological polar surface area (TPSA) is 18.5 Å². The van der Waals surface area contributed by atoms with Gasteiger partial charge in [0.05, 0.1) is 0 Å². The van der Waals surface area contributed by atoms with Gasteiger partial charge >= 0.3 is 0 Å². The second kappa shape index (κ2) is 8.75. The molecule has 0 spiro atoms. The fraction of sp³-hybridized carbons (Fsp3) is 0.435. The number of hydrogen-bond donors (Lipinski definition) is 1. The minimum atomic E-state index is 0.601. The lowest BCUT2D eigenvalue weighted by Crippen LogP contribution is -2.50. The van der Waals surface area contributed by atoms with Crippen LogP contribution in [0.5, 0.6) is 0 Å². The summed E-state index contributed by atoms with van der Waals surface area (Å²) in [5, 5.41) is 4.24. The van der Waals surface area contributed by atoms with Gasteiger partial charge in [-0.3, -0.25) is 0 Å². The van der Waals surface area contributed by atoms with Gasteiger partial charge in [0.15, 0.2) is 5.11 Å². The Kier molecular flexibility index (Phi) is 6.38. The van der Waals surface area contributed by atoms with E-state index in [4.69, 9.17) is 12.2 Å². The lowest BCUT2D eigenvalue weighted by Gasteiger charge is -2.38. The molecule has 1 aliphatic heterocycles. The lowest BCUT2D eigenvalue weighted by molar-refractivity contribution is 0.390. The molecule has 1 fully saturated rings. The van der Waals surface area contributed by atoms with Crippen molar-refractivity contribution < 1.29 is 0 Å². The zero-order chi connectivity index (χ0) is 19.4. The van der Waals surface area contributed by atoms with Gasteiger partial charge in [0, 0.05) is 37.6 Å². The number of aryl methyl sites for hydroxylation is 1. The highest BCUT2D eigenvalue weighted by atomic mass is 32.1. The van der Waals surface area contributed by atoms with Gasteiger partial charge in [0.1, 0.15) is 0 Å². The van der Waals surface area contributed by atoms with Gasteiger partial charge in [-0.05, 0) is 73.3 Å². The first-order chi connectivity index (χ1) is 13.0. The van der Waals surface area contributed by atoms with E-state index in [9.17, 15) is 0 Å². The monoisotopic (exact) mass is 381 g/mol. The molecule has 0 aromatic heterocycles. The Morgan fingerprint density at radius 2 is 1.70 bits per heavy atom.